The molecule has 1 aromatic carbocycles. The maximum Gasteiger partial charge on any atom is 0.360 e. The molecule has 1 aromatic heterocycles. The van der Waals surface area contributed by atoms with E-state index < -0.39 is 11.8 Å². The molecule has 0 aliphatic heterocycles. The van der Waals surface area contributed by atoms with Gasteiger partial charge >= 0.3 is 12.0 Å². The molecule has 6 heteroatoms. The zero-order valence-electron chi connectivity index (χ0n) is 10.6. The molecule has 2 rings (SSSR count). The van der Waals surface area contributed by atoms with Crippen LogP contribution < -0.4 is 4.90 Å². The molecule has 5 nitrogen and oxygen atoms in total. The molecule has 19 heavy (non-hydrogen) atoms. The number of ether oxygens (including phenoxy) is 1. The molecule has 1 heterocycles. The summed E-state index contributed by atoms with van der Waals surface area (Å²) in [7, 11) is 1.60. The van der Waals surface area contributed by atoms with Crippen molar-refractivity contribution in [2.24, 2.45) is 0 Å². The Morgan fingerprint density at radius 1 is 1.47 bits per heavy atom. The predicted molar refractivity (Wildman–Crippen MR) is 66.9 cm³/mol. The van der Waals surface area contributed by atoms with Gasteiger partial charge in [-0.25, -0.2) is 9.18 Å². The lowest BCUT2D eigenvalue weighted by Gasteiger charge is -2.14. The van der Waals surface area contributed by atoms with E-state index in [1.807, 2.05) is 0 Å². The van der Waals surface area contributed by atoms with E-state index in [-0.39, 0.29) is 18.3 Å². The minimum atomic E-state index is -0.570. The van der Waals surface area contributed by atoms with Crippen LogP contribution in [-0.2, 0) is 4.74 Å². The van der Waals surface area contributed by atoms with Crippen molar-refractivity contribution in [3.8, 4) is 0 Å². The highest BCUT2D eigenvalue weighted by molar-refractivity contribution is 5.87. The number of oxazole rings is 1. The Hall–Kier alpha value is -2.37. The minimum absolute atomic E-state index is 0.0556. The molecule has 0 aliphatic carbocycles. The topological polar surface area (TPSA) is 55.6 Å². The quantitative estimate of drug-likeness (QED) is 0.795. The zero-order chi connectivity index (χ0) is 13.8. The number of rotatable bonds is 4. The Balaban J connectivity index is 2.23. The molecule has 0 aliphatic rings. The molecule has 0 amide bonds. The van der Waals surface area contributed by atoms with E-state index in [4.69, 9.17) is 9.15 Å². The third-order valence-electron chi connectivity index (χ3n) is 2.48. The number of carbonyl (C=O) groups excluding carboxylic acids is 1. The highest BCUT2D eigenvalue weighted by Crippen LogP contribution is 2.25. The van der Waals surface area contributed by atoms with E-state index in [2.05, 4.69) is 4.98 Å². The van der Waals surface area contributed by atoms with Crippen molar-refractivity contribution in [1.82, 2.24) is 4.98 Å². The Labute approximate surface area is 109 Å². The van der Waals surface area contributed by atoms with Gasteiger partial charge in [0.15, 0.2) is 5.69 Å². The van der Waals surface area contributed by atoms with Gasteiger partial charge in [0.2, 0.25) is 0 Å². The lowest BCUT2D eigenvalue weighted by atomic mass is 10.3. The summed E-state index contributed by atoms with van der Waals surface area (Å²) >= 11 is 0. The van der Waals surface area contributed by atoms with Crippen LogP contribution in [0, 0.1) is 5.82 Å². The largest absolute Gasteiger partial charge is 0.461 e. The van der Waals surface area contributed by atoms with Crippen molar-refractivity contribution < 1.29 is 18.3 Å². The molecular formula is C13H13FN2O3. The summed E-state index contributed by atoms with van der Waals surface area (Å²) < 4.78 is 23.6. The van der Waals surface area contributed by atoms with Crippen LogP contribution in [0.25, 0.3) is 0 Å². The molecule has 100 valence electrons. The monoisotopic (exact) mass is 264 g/mol. The molecule has 0 atom stereocenters. The third kappa shape index (κ3) is 2.73. The molecule has 0 spiro atoms. The van der Waals surface area contributed by atoms with Crippen LogP contribution in [0.2, 0.25) is 0 Å². The van der Waals surface area contributed by atoms with Gasteiger partial charge in [-0.15, -0.1) is 0 Å². The van der Waals surface area contributed by atoms with Crippen molar-refractivity contribution in [2.45, 2.75) is 6.92 Å². The molecule has 0 unspecified atom stereocenters. The van der Waals surface area contributed by atoms with Gasteiger partial charge in [0, 0.05) is 7.05 Å². The van der Waals surface area contributed by atoms with Crippen LogP contribution in [0.3, 0.4) is 0 Å². The fourth-order valence-electron chi connectivity index (χ4n) is 1.54. The molecule has 0 radical (unpaired) electrons. The molecule has 0 N–H and O–H groups in total. The fraction of sp³-hybridized carbons (Fsp3) is 0.231. The molecule has 0 fully saturated rings. The van der Waals surface area contributed by atoms with Gasteiger partial charge in [-0.05, 0) is 19.1 Å². The van der Waals surface area contributed by atoms with Crippen molar-refractivity contribution in [1.29, 1.82) is 0 Å². The van der Waals surface area contributed by atoms with Crippen LogP contribution in [0.5, 0.6) is 0 Å². The molecular weight excluding hydrogens is 251 g/mol. The molecule has 0 saturated carbocycles. The fourth-order valence-corrected chi connectivity index (χ4v) is 1.54. The Morgan fingerprint density at radius 3 is 2.89 bits per heavy atom. The van der Waals surface area contributed by atoms with Crippen LogP contribution in [-0.4, -0.2) is 24.6 Å². The number of carbonyl (C=O) groups is 1. The van der Waals surface area contributed by atoms with Gasteiger partial charge in [-0.1, -0.05) is 12.1 Å². The zero-order valence-corrected chi connectivity index (χ0v) is 10.6. The van der Waals surface area contributed by atoms with Crippen LogP contribution in [0.15, 0.2) is 34.9 Å². The van der Waals surface area contributed by atoms with Gasteiger partial charge in [0.25, 0.3) is 0 Å². The van der Waals surface area contributed by atoms with E-state index >= 15 is 0 Å². The maximum absolute atomic E-state index is 13.6. The summed E-state index contributed by atoms with van der Waals surface area (Å²) in [6, 6.07) is 6.33. The van der Waals surface area contributed by atoms with E-state index in [9.17, 15) is 9.18 Å². The number of benzene rings is 1. The van der Waals surface area contributed by atoms with Crippen molar-refractivity contribution in [3.63, 3.8) is 0 Å². The maximum atomic E-state index is 13.6. The first kappa shape index (κ1) is 13.1. The van der Waals surface area contributed by atoms with Crippen LogP contribution in [0.4, 0.5) is 16.1 Å². The smallest absolute Gasteiger partial charge is 0.360 e. The number of anilines is 2. The number of hydrogen-bond donors (Lipinski definition) is 0. The molecule has 0 saturated heterocycles. The normalized spacial score (nSPS) is 10.3. The van der Waals surface area contributed by atoms with E-state index in [0.29, 0.717) is 5.69 Å². The second-order valence-corrected chi connectivity index (χ2v) is 3.75. The van der Waals surface area contributed by atoms with Crippen molar-refractivity contribution in [3.05, 3.63) is 42.0 Å². The highest BCUT2D eigenvalue weighted by Gasteiger charge is 2.18. The number of hydrogen-bond acceptors (Lipinski definition) is 5. The van der Waals surface area contributed by atoms with Crippen LogP contribution in [0.1, 0.15) is 17.4 Å². The van der Waals surface area contributed by atoms with Gasteiger partial charge < -0.3 is 9.15 Å². The van der Waals surface area contributed by atoms with Crippen LogP contribution >= 0.6 is 0 Å². The first-order chi connectivity index (χ1) is 9.13. The standard InChI is InChI=1S/C13H13FN2O3/c1-3-18-12(17)10-8-19-13(15-10)16(2)11-7-5-4-6-9(11)14/h4-8H,3H2,1-2H3. The van der Waals surface area contributed by atoms with Gasteiger partial charge in [-0.2, -0.15) is 4.98 Å². The average Bonchev–Trinajstić information content (AvgIpc) is 2.88. The number of nitrogens with zero attached hydrogens (tertiary/aromatic N) is 2. The summed E-state index contributed by atoms with van der Waals surface area (Å²) in [6.07, 6.45) is 1.19. The second kappa shape index (κ2) is 5.51. The first-order valence-corrected chi connectivity index (χ1v) is 5.74. The number of halogens is 1. The molecule has 0 bridgehead atoms. The van der Waals surface area contributed by atoms with Gasteiger partial charge in [-0.3, -0.25) is 4.90 Å². The third-order valence-corrected chi connectivity index (χ3v) is 2.48. The van der Waals surface area contributed by atoms with Crippen molar-refractivity contribution >= 4 is 17.7 Å². The van der Waals surface area contributed by atoms with E-state index in [1.165, 1.54) is 17.2 Å². The lowest BCUT2D eigenvalue weighted by molar-refractivity contribution is 0.0519. The van der Waals surface area contributed by atoms with E-state index in [0.717, 1.165) is 0 Å². The Kier molecular flexibility index (Phi) is 3.79. The SMILES string of the molecule is CCOC(=O)c1coc(N(C)c2ccccc2F)n1. The summed E-state index contributed by atoms with van der Waals surface area (Å²) in [5.74, 6) is -0.972. The first-order valence-electron chi connectivity index (χ1n) is 5.74. The van der Waals surface area contributed by atoms with Gasteiger partial charge in [0.05, 0.1) is 12.3 Å². The summed E-state index contributed by atoms with van der Waals surface area (Å²) in [6.45, 7) is 1.95. The van der Waals surface area contributed by atoms with Gasteiger partial charge in [0.1, 0.15) is 12.1 Å². The minimum Gasteiger partial charge on any atom is -0.461 e. The number of esters is 1. The summed E-state index contributed by atoms with van der Waals surface area (Å²) in [5, 5.41) is 0. The van der Waals surface area contributed by atoms with E-state index in [1.54, 1.807) is 32.2 Å². The summed E-state index contributed by atoms with van der Waals surface area (Å²) in [4.78, 5) is 16.8. The highest BCUT2D eigenvalue weighted by atomic mass is 19.1. The number of para-hydroxylation sites is 1. The summed E-state index contributed by atoms with van der Waals surface area (Å²) in [5.41, 5.74) is 0.361. The van der Waals surface area contributed by atoms with Crippen molar-refractivity contribution in [2.75, 3.05) is 18.6 Å². The predicted octanol–water partition coefficient (Wildman–Crippen LogP) is 2.76. The number of aromatic nitrogens is 1. The Morgan fingerprint density at radius 2 is 2.21 bits per heavy atom. The lowest BCUT2D eigenvalue weighted by Crippen LogP contribution is -2.12. The second-order valence-electron chi connectivity index (χ2n) is 3.75. The average molecular weight is 264 g/mol. The Bertz CT molecular complexity index is 583. The molecule has 2 aromatic rings.